The molecule has 1 aliphatic rings. The van der Waals surface area contributed by atoms with Gasteiger partial charge in [0.15, 0.2) is 0 Å². The summed E-state index contributed by atoms with van der Waals surface area (Å²) in [5, 5.41) is 0. The van der Waals surface area contributed by atoms with E-state index in [1.165, 1.54) is 17.7 Å². The van der Waals surface area contributed by atoms with Gasteiger partial charge in [-0.2, -0.15) is 0 Å². The average Bonchev–Trinajstić information content (AvgIpc) is 2.62. The number of benzene rings is 2. The van der Waals surface area contributed by atoms with Crippen LogP contribution in [0, 0.1) is 5.82 Å². The Bertz CT molecular complexity index is 796. The molecule has 0 unspecified atom stereocenters. The topological polar surface area (TPSA) is 29.5 Å². The van der Waals surface area contributed by atoms with Crippen molar-refractivity contribution in [2.75, 3.05) is 13.7 Å². The Hall–Kier alpha value is -2.62. The number of amides is 1. The van der Waals surface area contributed by atoms with Crippen LogP contribution in [-0.4, -0.2) is 24.5 Å². The Morgan fingerprint density at radius 1 is 1.16 bits per heavy atom. The molecule has 0 aliphatic carbocycles. The van der Waals surface area contributed by atoms with Gasteiger partial charge in [0.25, 0.3) is 5.91 Å². The van der Waals surface area contributed by atoms with Crippen molar-refractivity contribution < 1.29 is 13.9 Å². The third-order valence-electron chi connectivity index (χ3n) is 4.29. The van der Waals surface area contributed by atoms with E-state index in [0.717, 1.165) is 18.4 Å². The Labute approximate surface area is 147 Å². The molecule has 0 fully saturated rings. The van der Waals surface area contributed by atoms with Gasteiger partial charge in [0.2, 0.25) is 0 Å². The first kappa shape index (κ1) is 17.2. The lowest BCUT2D eigenvalue weighted by atomic mass is 10.1. The molecule has 1 aliphatic heterocycles. The number of carbonyl (C=O) groups excluding carboxylic acids is 1. The van der Waals surface area contributed by atoms with Crippen molar-refractivity contribution in [3.05, 3.63) is 70.5 Å². The van der Waals surface area contributed by atoms with E-state index in [2.05, 4.69) is 31.2 Å². The van der Waals surface area contributed by atoms with Gasteiger partial charge in [0, 0.05) is 19.2 Å². The monoisotopic (exact) mass is 339 g/mol. The molecule has 2 aromatic rings. The van der Waals surface area contributed by atoms with E-state index in [1.54, 1.807) is 24.1 Å². The van der Waals surface area contributed by atoms with Crippen LogP contribution in [0.25, 0.3) is 6.08 Å². The van der Waals surface area contributed by atoms with Gasteiger partial charge in [0.1, 0.15) is 18.2 Å². The number of hydrogen-bond donors (Lipinski definition) is 0. The number of rotatable bonds is 5. The summed E-state index contributed by atoms with van der Waals surface area (Å²) in [6, 6.07) is 12.7. The van der Waals surface area contributed by atoms with Crippen molar-refractivity contribution in [1.29, 1.82) is 0 Å². The second-order valence-electron chi connectivity index (χ2n) is 6.37. The highest BCUT2D eigenvalue weighted by Gasteiger charge is 2.20. The normalized spacial score (nSPS) is 12.8. The maximum atomic E-state index is 13.4. The van der Waals surface area contributed by atoms with Gasteiger partial charge in [-0.3, -0.25) is 4.79 Å². The molecule has 3 nitrogen and oxygen atoms in total. The van der Waals surface area contributed by atoms with Crippen LogP contribution >= 0.6 is 0 Å². The van der Waals surface area contributed by atoms with Crippen LogP contribution in [-0.2, 0) is 17.8 Å². The largest absolute Gasteiger partial charge is 0.488 e. The third-order valence-corrected chi connectivity index (χ3v) is 4.29. The molecular formula is C21H22FNO2. The standard InChI is InChI=1S/C21H22FNO2/c1-3-4-15-5-7-16(8-6-15)13-23(2)21(24)18-11-17-12-19(22)9-10-20(17)25-14-18/h5-12H,3-4,13-14H2,1-2H3. The summed E-state index contributed by atoms with van der Waals surface area (Å²) in [5.41, 5.74) is 3.52. The molecule has 3 rings (SSSR count). The molecule has 2 aromatic carbocycles. The molecule has 0 N–H and O–H groups in total. The fraction of sp³-hybridized carbons (Fsp3) is 0.286. The van der Waals surface area contributed by atoms with Gasteiger partial charge in [-0.1, -0.05) is 37.6 Å². The van der Waals surface area contributed by atoms with Gasteiger partial charge < -0.3 is 9.64 Å². The fourth-order valence-electron chi connectivity index (χ4n) is 2.96. The van der Waals surface area contributed by atoms with E-state index < -0.39 is 0 Å². The number of hydrogen-bond acceptors (Lipinski definition) is 2. The summed E-state index contributed by atoms with van der Waals surface area (Å²) >= 11 is 0. The summed E-state index contributed by atoms with van der Waals surface area (Å²) in [7, 11) is 1.77. The van der Waals surface area contributed by atoms with Crippen LogP contribution in [0.5, 0.6) is 5.75 Å². The Morgan fingerprint density at radius 3 is 2.60 bits per heavy atom. The van der Waals surface area contributed by atoms with Gasteiger partial charge in [-0.05, 0) is 41.8 Å². The first-order chi connectivity index (χ1) is 12.1. The zero-order chi connectivity index (χ0) is 17.8. The summed E-state index contributed by atoms with van der Waals surface area (Å²) < 4.78 is 18.9. The fourth-order valence-corrected chi connectivity index (χ4v) is 2.96. The van der Waals surface area contributed by atoms with Crippen LogP contribution in [0.4, 0.5) is 4.39 Å². The average molecular weight is 339 g/mol. The highest BCUT2D eigenvalue weighted by atomic mass is 19.1. The van der Waals surface area contributed by atoms with Crippen molar-refractivity contribution in [2.45, 2.75) is 26.3 Å². The number of nitrogens with zero attached hydrogens (tertiary/aromatic N) is 1. The number of aryl methyl sites for hydroxylation is 1. The van der Waals surface area contributed by atoms with Crippen LogP contribution in [0.1, 0.15) is 30.0 Å². The molecule has 25 heavy (non-hydrogen) atoms. The minimum absolute atomic E-state index is 0.104. The lowest BCUT2D eigenvalue weighted by Crippen LogP contribution is -2.30. The number of likely N-dealkylation sites (N-methyl/N-ethyl adjacent to an activating group) is 1. The zero-order valence-corrected chi connectivity index (χ0v) is 14.6. The maximum Gasteiger partial charge on any atom is 0.253 e. The molecule has 130 valence electrons. The van der Waals surface area contributed by atoms with E-state index in [4.69, 9.17) is 4.74 Å². The number of fused-ring (bicyclic) bond motifs is 1. The minimum Gasteiger partial charge on any atom is -0.488 e. The first-order valence-corrected chi connectivity index (χ1v) is 8.53. The lowest BCUT2D eigenvalue weighted by molar-refractivity contribution is -0.126. The molecule has 0 saturated heterocycles. The molecule has 4 heteroatoms. The molecule has 1 heterocycles. The highest BCUT2D eigenvalue weighted by Crippen LogP contribution is 2.27. The van der Waals surface area contributed by atoms with Crippen molar-refractivity contribution >= 4 is 12.0 Å². The van der Waals surface area contributed by atoms with E-state index in [1.807, 2.05) is 0 Å². The van der Waals surface area contributed by atoms with Crippen LogP contribution in [0.15, 0.2) is 48.0 Å². The van der Waals surface area contributed by atoms with E-state index >= 15 is 0 Å². The van der Waals surface area contributed by atoms with Gasteiger partial charge in [-0.15, -0.1) is 0 Å². The molecule has 0 spiro atoms. The molecule has 0 atom stereocenters. The SMILES string of the molecule is CCCc1ccc(CN(C)C(=O)C2=Cc3cc(F)ccc3OC2)cc1. The molecule has 0 aromatic heterocycles. The van der Waals surface area contributed by atoms with Gasteiger partial charge in [0.05, 0.1) is 5.57 Å². The molecular weight excluding hydrogens is 317 g/mol. The van der Waals surface area contributed by atoms with Gasteiger partial charge in [-0.25, -0.2) is 4.39 Å². The maximum absolute atomic E-state index is 13.4. The number of halogens is 1. The first-order valence-electron chi connectivity index (χ1n) is 8.53. The highest BCUT2D eigenvalue weighted by molar-refractivity contribution is 5.99. The summed E-state index contributed by atoms with van der Waals surface area (Å²) in [6.45, 7) is 2.89. The lowest BCUT2D eigenvalue weighted by Gasteiger charge is -2.22. The molecule has 0 bridgehead atoms. The molecule has 0 radical (unpaired) electrons. The van der Waals surface area contributed by atoms with Crippen LogP contribution < -0.4 is 4.74 Å². The molecule has 1 amide bonds. The smallest absolute Gasteiger partial charge is 0.253 e. The van der Waals surface area contributed by atoms with E-state index in [9.17, 15) is 9.18 Å². The Morgan fingerprint density at radius 2 is 1.88 bits per heavy atom. The number of ether oxygens (including phenoxy) is 1. The summed E-state index contributed by atoms with van der Waals surface area (Å²) in [5.74, 6) is 0.160. The van der Waals surface area contributed by atoms with Crippen LogP contribution in [0.3, 0.4) is 0 Å². The molecule has 0 saturated carbocycles. The predicted octanol–water partition coefficient (Wildman–Crippen LogP) is 4.21. The third kappa shape index (κ3) is 4.08. The van der Waals surface area contributed by atoms with Crippen LogP contribution in [0.2, 0.25) is 0 Å². The van der Waals surface area contributed by atoms with E-state index in [0.29, 0.717) is 23.4 Å². The second kappa shape index (κ2) is 7.51. The van der Waals surface area contributed by atoms with Crippen molar-refractivity contribution in [3.8, 4) is 5.75 Å². The predicted molar refractivity (Wildman–Crippen MR) is 96.8 cm³/mol. The second-order valence-corrected chi connectivity index (χ2v) is 6.37. The Kier molecular flexibility index (Phi) is 5.17. The number of carbonyl (C=O) groups is 1. The minimum atomic E-state index is -0.340. The Balaban J connectivity index is 1.70. The van der Waals surface area contributed by atoms with Crippen molar-refractivity contribution in [2.24, 2.45) is 0 Å². The van der Waals surface area contributed by atoms with Gasteiger partial charge >= 0.3 is 0 Å². The van der Waals surface area contributed by atoms with E-state index in [-0.39, 0.29) is 18.3 Å². The summed E-state index contributed by atoms with van der Waals surface area (Å²) in [4.78, 5) is 14.3. The quantitative estimate of drug-likeness (QED) is 0.816. The summed E-state index contributed by atoms with van der Waals surface area (Å²) in [6.07, 6.45) is 3.90. The van der Waals surface area contributed by atoms with Crippen molar-refractivity contribution in [3.63, 3.8) is 0 Å². The van der Waals surface area contributed by atoms with Crippen molar-refractivity contribution in [1.82, 2.24) is 4.90 Å². The zero-order valence-electron chi connectivity index (χ0n) is 14.6.